The summed E-state index contributed by atoms with van der Waals surface area (Å²) in [4.78, 5) is 46.1. The van der Waals surface area contributed by atoms with Crippen molar-refractivity contribution in [1.82, 2.24) is 15.1 Å². The Kier molecular flexibility index (Phi) is 8.21. The van der Waals surface area contributed by atoms with Gasteiger partial charge in [0.15, 0.2) is 0 Å². The van der Waals surface area contributed by atoms with Crippen LogP contribution < -0.4 is 5.32 Å². The monoisotopic (exact) mass is 599 g/mol. The zero-order valence-electron chi connectivity index (χ0n) is 24.8. The summed E-state index contributed by atoms with van der Waals surface area (Å²) in [5.41, 5.74) is 5.96. The van der Waals surface area contributed by atoms with Gasteiger partial charge in [-0.05, 0) is 90.5 Å². The molecule has 0 saturated carbocycles. The number of benzene rings is 2. The lowest BCUT2D eigenvalue weighted by atomic mass is 9.92. The molecule has 3 amide bonds. The molecule has 5 aliphatic rings. The average Bonchev–Trinajstić information content (AvgIpc) is 3.70. The maximum absolute atomic E-state index is 13.9. The summed E-state index contributed by atoms with van der Waals surface area (Å²) in [5, 5.41) is 2.95. The predicted molar refractivity (Wildman–Crippen MR) is 168 cm³/mol. The number of likely N-dealkylation sites (tertiary alicyclic amines) is 2. The highest BCUT2D eigenvalue weighted by atomic mass is 32.2. The fraction of sp³-hybridized carbons (Fsp3) is 0.514. The Morgan fingerprint density at radius 1 is 0.814 bits per heavy atom. The van der Waals surface area contributed by atoms with Gasteiger partial charge >= 0.3 is 6.09 Å². The van der Waals surface area contributed by atoms with Crippen LogP contribution in [0.1, 0.15) is 81.3 Å². The first-order chi connectivity index (χ1) is 21.1. The Hall–Kier alpha value is -3.26. The van der Waals surface area contributed by atoms with Crippen molar-refractivity contribution in [3.05, 3.63) is 70.1 Å². The number of ether oxygens (including phenoxy) is 1. The van der Waals surface area contributed by atoms with Gasteiger partial charge in [-0.1, -0.05) is 55.0 Å². The molecule has 2 aromatic rings. The van der Waals surface area contributed by atoms with E-state index in [-0.39, 0.29) is 35.6 Å². The number of fused-ring (bicyclic) bond motifs is 3. The summed E-state index contributed by atoms with van der Waals surface area (Å²) in [7, 11) is 0. The Bertz CT molecular complexity index is 1390. The van der Waals surface area contributed by atoms with E-state index >= 15 is 0 Å². The third-order valence-electron chi connectivity index (χ3n) is 10.00. The normalized spacial score (nSPS) is 25.2. The molecule has 1 N–H and O–H groups in total. The lowest BCUT2D eigenvalue weighted by molar-refractivity contribution is -0.135. The van der Waals surface area contributed by atoms with E-state index in [2.05, 4.69) is 29.6 Å². The highest BCUT2D eigenvalue weighted by Gasteiger charge is 2.45. The SMILES string of the molecule is O=C(NC1SC2=C(CCCCC2)C1C(=O)N1CCCCC1)[C@@H]1CCCN1C(=O)OCC1c2ccccc2-c2ccccc21. The smallest absolute Gasteiger partial charge is 0.410 e. The predicted octanol–water partition coefficient (Wildman–Crippen LogP) is 6.44. The lowest BCUT2D eigenvalue weighted by Gasteiger charge is -2.33. The van der Waals surface area contributed by atoms with E-state index in [1.54, 1.807) is 16.7 Å². The Labute approximate surface area is 258 Å². The third-order valence-corrected chi connectivity index (χ3v) is 11.4. The number of piperidine rings is 1. The molecule has 3 heterocycles. The maximum atomic E-state index is 13.9. The van der Waals surface area contributed by atoms with Crippen LogP contribution >= 0.6 is 11.8 Å². The zero-order valence-corrected chi connectivity index (χ0v) is 25.6. The first-order valence-corrected chi connectivity index (χ1v) is 17.1. The second-order valence-electron chi connectivity index (χ2n) is 12.6. The van der Waals surface area contributed by atoms with Crippen molar-refractivity contribution in [3.63, 3.8) is 0 Å². The van der Waals surface area contributed by atoms with Crippen LogP contribution in [0, 0.1) is 5.92 Å². The summed E-state index contributed by atoms with van der Waals surface area (Å²) in [6.07, 6.45) is 9.54. The summed E-state index contributed by atoms with van der Waals surface area (Å²) >= 11 is 1.68. The second kappa shape index (κ2) is 12.4. The van der Waals surface area contributed by atoms with Gasteiger partial charge in [-0.15, -0.1) is 11.8 Å². The molecule has 0 bridgehead atoms. The zero-order chi connectivity index (χ0) is 29.3. The number of hydrogen-bond donors (Lipinski definition) is 1. The molecule has 0 aromatic heterocycles. The van der Waals surface area contributed by atoms with Gasteiger partial charge in [0, 0.05) is 25.6 Å². The highest BCUT2D eigenvalue weighted by molar-refractivity contribution is 8.04. The highest BCUT2D eigenvalue weighted by Crippen LogP contribution is 2.48. The average molecular weight is 600 g/mol. The molecule has 3 atom stereocenters. The van der Waals surface area contributed by atoms with Crippen molar-refractivity contribution < 1.29 is 19.1 Å². The van der Waals surface area contributed by atoms with Crippen molar-refractivity contribution in [2.75, 3.05) is 26.2 Å². The summed E-state index contributed by atoms with van der Waals surface area (Å²) < 4.78 is 5.94. The van der Waals surface area contributed by atoms with Crippen LogP contribution in [0.3, 0.4) is 0 Å². The van der Waals surface area contributed by atoms with Gasteiger partial charge in [-0.25, -0.2) is 4.79 Å². The minimum Gasteiger partial charge on any atom is -0.448 e. The van der Waals surface area contributed by atoms with Gasteiger partial charge in [0.05, 0.1) is 11.3 Å². The number of thioether (sulfide) groups is 1. The minimum atomic E-state index is -0.581. The largest absolute Gasteiger partial charge is 0.448 e. The van der Waals surface area contributed by atoms with E-state index in [1.165, 1.54) is 45.6 Å². The second-order valence-corrected chi connectivity index (χ2v) is 13.8. The number of amides is 3. The molecule has 7 rings (SSSR count). The fourth-order valence-electron chi connectivity index (χ4n) is 7.82. The fourth-order valence-corrected chi connectivity index (χ4v) is 9.36. The Morgan fingerprint density at radius 3 is 2.23 bits per heavy atom. The van der Waals surface area contributed by atoms with Crippen LogP contribution in [0.4, 0.5) is 4.79 Å². The van der Waals surface area contributed by atoms with Crippen molar-refractivity contribution >= 4 is 29.7 Å². The van der Waals surface area contributed by atoms with Crippen molar-refractivity contribution in [2.24, 2.45) is 5.92 Å². The van der Waals surface area contributed by atoms with Gasteiger partial charge < -0.3 is 15.0 Å². The number of carbonyl (C=O) groups excluding carboxylic acids is 3. The maximum Gasteiger partial charge on any atom is 0.410 e. The van der Waals surface area contributed by atoms with Crippen LogP contribution in [0.2, 0.25) is 0 Å². The van der Waals surface area contributed by atoms with Crippen LogP contribution in [0.15, 0.2) is 59.0 Å². The molecule has 0 spiro atoms. The Morgan fingerprint density at radius 2 is 1.49 bits per heavy atom. The van der Waals surface area contributed by atoms with Crippen molar-refractivity contribution in [2.45, 2.75) is 81.5 Å². The molecular weight excluding hydrogens is 558 g/mol. The summed E-state index contributed by atoms with van der Waals surface area (Å²) in [6.45, 7) is 2.35. The molecule has 2 aromatic carbocycles. The molecule has 226 valence electrons. The van der Waals surface area contributed by atoms with E-state index in [0.717, 1.165) is 58.0 Å². The number of carbonyl (C=O) groups is 3. The van der Waals surface area contributed by atoms with Gasteiger partial charge in [0.25, 0.3) is 0 Å². The molecular formula is C35H41N3O4S. The first-order valence-electron chi connectivity index (χ1n) is 16.2. The van der Waals surface area contributed by atoms with Crippen molar-refractivity contribution in [1.29, 1.82) is 0 Å². The number of rotatable bonds is 5. The van der Waals surface area contributed by atoms with Crippen LogP contribution in [-0.4, -0.2) is 65.4 Å². The topological polar surface area (TPSA) is 79.0 Å². The standard InChI is InChI=1S/C35H41N3O4S/c39-32(36-33-31(34(40)37-19-9-2-10-20-37)27-16-3-1-4-18-30(27)43-33)29-17-11-21-38(29)35(41)42-22-28-25-14-7-5-12-23(25)24-13-6-8-15-26(24)28/h5-8,12-15,28-29,31,33H,1-4,9-11,16-22H2,(H,36,39)/t29-,31?,33?/m0/s1. The van der Waals surface area contributed by atoms with Gasteiger partial charge in [-0.3, -0.25) is 14.5 Å². The summed E-state index contributed by atoms with van der Waals surface area (Å²) in [5.74, 6) is -0.324. The van der Waals surface area contributed by atoms with Crippen molar-refractivity contribution in [3.8, 4) is 11.1 Å². The number of hydrogen-bond acceptors (Lipinski definition) is 5. The van der Waals surface area contributed by atoms with Gasteiger partial charge in [-0.2, -0.15) is 0 Å². The van der Waals surface area contributed by atoms with E-state index in [0.29, 0.717) is 13.0 Å². The van der Waals surface area contributed by atoms with E-state index in [9.17, 15) is 14.4 Å². The molecule has 43 heavy (non-hydrogen) atoms. The van der Waals surface area contributed by atoms with Gasteiger partial charge in [0.1, 0.15) is 12.6 Å². The first kappa shape index (κ1) is 28.5. The van der Waals surface area contributed by atoms with E-state index in [1.807, 2.05) is 29.2 Å². The lowest BCUT2D eigenvalue weighted by Crippen LogP contribution is -2.52. The van der Waals surface area contributed by atoms with Crippen LogP contribution in [-0.2, 0) is 14.3 Å². The third kappa shape index (κ3) is 5.47. The molecule has 2 unspecified atom stereocenters. The van der Waals surface area contributed by atoms with Crippen LogP contribution in [0.5, 0.6) is 0 Å². The minimum absolute atomic E-state index is 0.0239. The Balaban J connectivity index is 1.03. The number of allylic oxidation sites excluding steroid dienone is 1. The van der Waals surface area contributed by atoms with Gasteiger partial charge in [0.2, 0.25) is 11.8 Å². The van der Waals surface area contributed by atoms with E-state index < -0.39 is 12.1 Å². The number of nitrogens with one attached hydrogen (secondary N) is 1. The van der Waals surface area contributed by atoms with Crippen LogP contribution in [0.25, 0.3) is 11.1 Å². The quantitative estimate of drug-likeness (QED) is 0.428. The van der Waals surface area contributed by atoms with E-state index in [4.69, 9.17) is 4.74 Å². The molecule has 2 aliphatic carbocycles. The molecule has 8 heteroatoms. The molecule has 7 nitrogen and oxygen atoms in total. The molecule has 2 saturated heterocycles. The number of nitrogens with zero attached hydrogens (tertiary/aromatic N) is 2. The molecule has 3 aliphatic heterocycles. The molecule has 2 fully saturated rings. The molecule has 0 radical (unpaired) electrons. The summed E-state index contributed by atoms with van der Waals surface area (Å²) in [6, 6.07) is 16.0.